The minimum absolute atomic E-state index is 0.103. The molecule has 1 saturated carbocycles. The zero-order valence-corrected chi connectivity index (χ0v) is 10.00. The standard InChI is InChI=1S/C12H19N3O2/c13-7-6-11(16)14-8-3-9-15-12(17)10-4-1-2-5-10/h10H,1-6,8-9H2,(H,14,16)(H,15,17). The molecule has 0 radical (unpaired) electrons. The Labute approximate surface area is 102 Å². The van der Waals surface area contributed by atoms with Crippen molar-refractivity contribution >= 4 is 11.8 Å². The van der Waals surface area contributed by atoms with E-state index >= 15 is 0 Å². The van der Waals surface area contributed by atoms with Crippen molar-refractivity contribution in [2.75, 3.05) is 13.1 Å². The number of hydrogen-bond acceptors (Lipinski definition) is 3. The molecule has 0 aromatic carbocycles. The molecule has 2 amide bonds. The summed E-state index contributed by atoms with van der Waals surface area (Å²) in [5.41, 5.74) is 0. The molecule has 94 valence electrons. The number of amides is 2. The van der Waals surface area contributed by atoms with Crippen molar-refractivity contribution in [3.8, 4) is 6.07 Å². The third-order valence-electron chi connectivity index (χ3n) is 2.94. The maximum absolute atomic E-state index is 11.6. The fourth-order valence-corrected chi connectivity index (χ4v) is 1.99. The van der Waals surface area contributed by atoms with Gasteiger partial charge in [-0.05, 0) is 19.3 Å². The average molecular weight is 237 g/mol. The fraction of sp³-hybridized carbons (Fsp3) is 0.750. The van der Waals surface area contributed by atoms with Gasteiger partial charge >= 0.3 is 0 Å². The lowest BCUT2D eigenvalue weighted by Gasteiger charge is -2.10. The quantitative estimate of drug-likeness (QED) is 0.667. The van der Waals surface area contributed by atoms with Crippen LogP contribution in [0.15, 0.2) is 0 Å². The third-order valence-corrected chi connectivity index (χ3v) is 2.94. The Morgan fingerprint density at radius 1 is 1.18 bits per heavy atom. The molecule has 0 saturated heterocycles. The van der Waals surface area contributed by atoms with Gasteiger partial charge in [0.25, 0.3) is 0 Å². The fourth-order valence-electron chi connectivity index (χ4n) is 1.99. The Hall–Kier alpha value is -1.57. The lowest BCUT2D eigenvalue weighted by molar-refractivity contribution is -0.124. The van der Waals surface area contributed by atoms with Gasteiger partial charge in [-0.2, -0.15) is 5.26 Å². The van der Waals surface area contributed by atoms with Crippen molar-refractivity contribution in [2.45, 2.75) is 38.5 Å². The first kappa shape index (κ1) is 13.5. The normalized spacial score (nSPS) is 15.2. The zero-order chi connectivity index (χ0) is 12.5. The van der Waals surface area contributed by atoms with Crippen LogP contribution in [0.5, 0.6) is 0 Å². The summed E-state index contributed by atoms with van der Waals surface area (Å²) in [6.45, 7) is 1.09. The number of carbonyl (C=O) groups is 2. The number of hydrogen-bond donors (Lipinski definition) is 2. The highest BCUT2D eigenvalue weighted by molar-refractivity contribution is 5.79. The number of nitriles is 1. The molecule has 0 spiro atoms. The molecule has 2 N–H and O–H groups in total. The van der Waals surface area contributed by atoms with Crippen molar-refractivity contribution in [2.24, 2.45) is 5.92 Å². The molecule has 5 heteroatoms. The van der Waals surface area contributed by atoms with E-state index in [1.807, 2.05) is 0 Å². The van der Waals surface area contributed by atoms with E-state index in [4.69, 9.17) is 5.26 Å². The van der Waals surface area contributed by atoms with E-state index in [0.717, 1.165) is 25.7 Å². The molecular formula is C12H19N3O2. The molecule has 1 aliphatic carbocycles. The second kappa shape index (κ2) is 7.66. The third kappa shape index (κ3) is 5.34. The van der Waals surface area contributed by atoms with Gasteiger partial charge < -0.3 is 10.6 Å². The summed E-state index contributed by atoms with van der Waals surface area (Å²) in [4.78, 5) is 22.5. The summed E-state index contributed by atoms with van der Waals surface area (Å²) in [5.74, 6) is 0.0867. The molecule has 0 unspecified atom stereocenters. The first-order valence-corrected chi connectivity index (χ1v) is 6.15. The van der Waals surface area contributed by atoms with E-state index in [1.54, 1.807) is 6.07 Å². The summed E-state index contributed by atoms with van der Waals surface area (Å²) in [6, 6.07) is 1.78. The van der Waals surface area contributed by atoms with Crippen molar-refractivity contribution < 1.29 is 9.59 Å². The molecule has 1 aliphatic rings. The number of carbonyl (C=O) groups excluding carboxylic acids is 2. The van der Waals surface area contributed by atoms with Crippen LogP contribution in [-0.2, 0) is 9.59 Å². The molecule has 0 bridgehead atoms. The Kier molecular flexibility index (Phi) is 6.08. The maximum atomic E-state index is 11.6. The van der Waals surface area contributed by atoms with Crippen LogP contribution in [0.1, 0.15) is 38.5 Å². The number of nitrogens with one attached hydrogen (secondary N) is 2. The summed E-state index contributed by atoms with van der Waals surface area (Å²) < 4.78 is 0. The van der Waals surface area contributed by atoms with E-state index in [-0.39, 0.29) is 24.2 Å². The van der Waals surface area contributed by atoms with Gasteiger partial charge in [-0.1, -0.05) is 12.8 Å². The Morgan fingerprint density at radius 3 is 2.47 bits per heavy atom. The van der Waals surface area contributed by atoms with Crippen LogP contribution < -0.4 is 10.6 Å². The summed E-state index contributed by atoms with van der Waals surface area (Å²) in [7, 11) is 0. The highest BCUT2D eigenvalue weighted by Crippen LogP contribution is 2.24. The smallest absolute Gasteiger partial charge is 0.234 e. The predicted molar refractivity (Wildman–Crippen MR) is 62.8 cm³/mol. The molecule has 0 aromatic heterocycles. The van der Waals surface area contributed by atoms with Crippen molar-refractivity contribution in [3.63, 3.8) is 0 Å². The highest BCUT2D eigenvalue weighted by Gasteiger charge is 2.21. The summed E-state index contributed by atoms with van der Waals surface area (Å²) in [6.07, 6.45) is 4.92. The summed E-state index contributed by atoms with van der Waals surface area (Å²) in [5, 5.41) is 13.8. The zero-order valence-electron chi connectivity index (χ0n) is 10.00. The van der Waals surface area contributed by atoms with Gasteiger partial charge in [0.05, 0.1) is 6.07 Å². The molecule has 17 heavy (non-hydrogen) atoms. The molecule has 1 fully saturated rings. The minimum Gasteiger partial charge on any atom is -0.356 e. The Bertz CT molecular complexity index is 303. The van der Waals surface area contributed by atoms with Crippen molar-refractivity contribution in [3.05, 3.63) is 0 Å². The van der Waals surface area contributed by atoms with Gasteiger partial charge in [0.2, 0.25) is 11.8 Å². The molecule has 5 nitrogen and oxygen atoms in total. The second-order valence-electron chi connectivity index (χ2n) is 4.31. The average Bonchev–Trinajstić information content (AvgIpc) is 2.82. The van der Waals surface area contributed by atoms with Crippen LogP contribution in [0.3, 0.4) is 0 Å². The van der Waals surface area contributed by atoms with Crippen LogP contribution >= 0.6 is 0 Å². The van der Waals surface area contributed by atoms with E-state index in [2.05, 4.69) is 10.6 Å². The molecule has 0 aliphatic heterocycles. The van der Waals surface area contributed by atoms with Crippen LogP contribution in [0.2, 0.25) is 0 Å². The molecule has 0 atom stereocenters. The Morgan fingerprint density at radius 2 is 1.82 bits per heavy atom. The van der Waals surface area contributed by atoms with Crippen LogP contribution in [0.4, 0.5) is 0 Å². The monoisotopic (exact) mass is 237 g/mol. The molecular weight excluding hydrogens is 218 g/mol. The SMILES string of the molecule is N#CCC(=O)NCCCNC(=O)C1CCCC1. The van der Waals surface area contributed by atoms with Gasteiger partial charge in [-0.25, -0.2) is 0 Å². The first-order chi connectivity index (χ1) is 8.24. The lowest BCUT2D eigenvalue weighted by Crippen LogP contribution is -2.32. The van der Waals surface area contributed by atoms with Crippen LogP contribution in [0.25, 0.3) is 0 Å². The molecule has 0 heterocycles. The van der Waals surface area contributed by atoms with Crippen LogP contribution in [-0.4, -0.2) is 24.9 Å². The van der Waals surface area contributed by atoms with E-state index < -0.39 is 0 Å². The van der Waals surface area contributed by atoms with Crippen LogP contribution in [0, 0.1) is 17.2 Å². The van der Waals surface area contributed by atoms with Crippen molar-refractivity contribution in [1.82, 2.24) is 10.6 Å². The van der Waals surface area contributed by atoms with Gasteiger partial charge in [-0.15, -0.1) is 0 Å². The van der Waals surface area contributed by atoms with Gasteiger partial charge in [0.15, 0.2) is 0 Å². The van der Waals surface area contributed by atoms with E-state index in [1.165, 1.54) is 0 Å². The number of nitrogens with zero attached hydrogens (tertiary/aromatic N) is 1. The van der Waals surface area contributed by atoms with E-state index in [9.17, 15) is 9.59 Å². The predicted octanol–water partition coefficient (Wildman–Crippen LogP) is 0.713. The first-order valence-electron chi connectivity index (χ1n) is 6.15. The topological polar surface area (TPSA) is 82.0 Å². The van der Waals surface area contributed by atoms with Gasteiger partial charge in [-0.3, -0.25) is 9.59 Å². The maximum Gasteiger partial charge on any atom is 0.234 e. The van der Waals surface area contributed by atoms with Crippen molar-refractivity contribution in [1.29, 1.82) is 5.26 Å². The number of rotatable bonds is 6. The van der Waals surface area contributed by atoms with Gasteiger partial charge in [0, 0.05) is 19.0 Å². The van der Waals surface area contributed by atoms with E-state index in [0.29, 0.717) is 19.5 Å². The lowest BCUT2D eigenvalue weighted by atomic mass is 10.1. The van der Waals surface area contributed by atoms with Gasteiger partial charge in [0.1, 0.15) is 6.42 Å². The Balaban J connectivity index is 1.98. The molecule has 0 aromatic rings. The largest absolute Gasteiger partial charge is 0.356 e. The second-order valence-corrected chi connectivity index (χ2v) is 4.31. The minimum atomic E-state index is -0.255. The highest BCUT2D eigenvalue weighted by atomic mass is 16.2. The molecule has 1 rings (SSSR count). The summed E-state index contributed by atoms with van der Waals surface area (Å²) >= 11 is 0.